The molecule has 4 heteroatoms. The van der Waals surface area contributed by atoms with Crippen molar-refractivity contribution in [1.82, 2.24) is 10.6 Å². The fourth-order valence-electron chi connectivity index (χ4n) is 1.78. The molecular weight excluding hydrogens is 208 g/mol. The Morgan fingerprint density at radius 3 is 3.27 bits per heavy atom. The first-order valence-electron chi connectivity index (χ1n) is 5.34. The zero-order valence-corrected chi connectivity index (χ0v) is 9.48. The number of rotatable bonds is 4. The molecule has 0 spiro atoms. The molecule has 2 heterocycles. The third-order valence-electron chi connectivity index (χ3n) is 2.67. The number of nitrogens with one attached hydrogen (secondary N) is 2. The summed E-state index contributed by atoms with van der Waals surface area (Å²) in [7, 11) is 0. The summed E-state index contributed by atoms with van der Waals surface area (Å²) in [5.41, 5.74) is 0. The van der Waals surface area contributed by atoms with E-state index in [1.807, 2.05) is 17.5 Å². The number of hydrogen-bond acceptors (Lipinski definition) is 3. The van der Waals surface area contributed by atoms with Crippen LogP contribution in [0, 0.1) is 5.92 Å². The molecule has 1 unspecified atom stereocenters. The average Bonchev–Trinajstić information content (AvgIpc) is 2.86. The van der Waals surface area contributed by atoms with Gasteiger partial charge in [-0.15, -0.1) is 11.3 Å². The monoisotopic (exact) mass is 224 g/mol. The number of hydrogen-bond donors (Lipinski definition) is 2. The van der Waals surface area contributed by atoms with Gasteiger partial charge in [0.1, 0.15) is 0 Å². The summed E-state index contributed by atoms with van der Waals surface area (Å²) in [4.78, 5) is 12.7. The number of carbonyl (C=O) groups is 1. The minimum atomic E-state index is 0.143. The van der Waals surface area contributed by atoms with E-state index in [4.69, 9.17) is 0 Å². The van der Waals surface area contributed by atoms with Crippen molar-refractivity contribution in [3.05, 3.63) is 22.4 Å². The van der Waals surface area contributed by atoms with Gasteiger partial charge in [0.05, 0.1) is 6.42 Å². The Labute approximate surface area is 93.9 Å². The Hall–Kier alpha value is -0.870. The summed E-state index contributed by atoms with van der Waals surface area (Å²) >= 11 is 1.64. The van der Waals surface area contributed by atoms with E-state index in [-0.39, 0.29) is 5.91 Å². The van der Waals surface area contributed by atoms with E-state index in [9.17, 15) is 4.79 Å². The molecule has 0 aromatic carbocycles. The summed E-state index contributed by atoms with van der Waals surface area (Å²) in [5, 5.41) is 8.29. The standard InChI is InChI=1S/C11H16N2OS/c14-11(6-10-2-1-5-15-10)13-8-9-3-4-12-7-9/h1-2,5,9,12H,3-4,6-8H2,(H,13,14). The van der Waals surface area contributed by atoms with Gasteiger partial charge in [0, 0.05) is 11.4 Å². The van der Waals surface area contributed by atoms with Crippen molar-refractivity contribution in [2.24, 2.45) is 5.92 Å². The van der Waals surface area contributed by atoms with Crippen LogP contribution in [0.1, 0.15) is 11.3 Å². The van der Waals surface area contributed by atoms with Crippen LogP contribution in [0.15, 0.2) is 17.5 Å². The van der Waals surface area contributed by atoms with Gasteiger partial charge in [-0.05, 0) is 36.9 Å². The lowest BCUT2D eigenvalue weighted by atomic mass is 10.1. The molecule has 1 aliphatic rings. The first-order chi connectivity index (χ1) is 7.34. The fourth-order valence-corrected chi connectivity index (χ4v) is 2.48. The van der Waals surface area contributed by atoms with Crippen molar-refractivity contribution >= 4 is 17.2 Å². The van der Waals surface area contributed by atoms with Gasteiger partial charge in [-0.1, -0.05) is 6.07 Å². The van der Waals surface area contributed by atoms with Crippen LogP contribution < -0.4 is 10.6 Å². The van der Waals surface area contributed by atoms with Gasteiger partial charge in [-0.2, -0.15) is 0 Å². The third-order valence-corrected chi connectivity index (χ3v) is 3.54. The largest absolute Gasteiger partial charge is 0.355 e. The number of carbonyl (C=O) groups excluding carboxylic acids is 1. The zero-order valence-electron chi connectivity index (χ0n) is 8.66. The summed E-state index contributed by atoms with van der Waals surface area (Å²) in [5.74, 6) is 0.765. The van der Waals surface area contributed by atoms with Crippen LogP contribution >= 0.6 is 11.3 Å². The molecule has 2 N–H and O–H groups in total. The average molecular weight is 224 g/mol. The quantitative estimate of drug-likeness (QED) is 0.801. The third kappa shape index (κ3) is 3.32. The Balaban J connectivity index is 1.68. The highest BCUT2D eigenvalue weighted by molar-refractivity contribution is 7.10. The predicted octanol–water partition coefficient (Wildman–Crippen LogP) is 1.02. The second-order valence-electron chi connectivity index (χ2n) is 3.92. The van der Waals surface area contributed by atoms with Crippen molar-refractivity contribution in [2.45, 2.75) is 12.8 Å². The topological polar surface area (TPSA) is 41.1 Å². The van der Waals surface area contributed by atoms with Crippen molar-refractivity contribution in [3.63, 3.8) is 0 Å². The lowest BCUT2D eigenvalue weighted by Crippen LogP contribution is -2.31. The summed E-state index contributed by atoms with van der Waals surface area (Å²) in [6, 6.07) is 3.98. The van der Waals surface area contributed by atoms with Gasteiger partial charge >= 0.3 is 0 Å². The second-order valence-corrected chi connectivity index (χ2v) is 4.95. The Morgan fingerprint density at radius 1 is 1.67 bits per heavy atom. The van der Waals surface area contributed by atoms with E-state index in [2.05, 4.69) is 10.6 Å². The van der Waals surface area contributed by atoms with Gasteiger partial charge in [-0.25, -0.2) is 0 Å². The predicted molar refractivity (Wildman–Crippen MR) is 62.0 cm³/mol. The second kappa shape index (κ2) is 5.28. The number of thiophene rings is 1. The van der Waals surface area contributed by atoms with Crippen molar-refractivity contribution < 1.29 is 4.79 Å². The molecular formula is C11H16N2OS. The molecule has 1 aromatic heterocycles. The minimum absolute atomic E-state index is 0.143. The first kappa shape index (κ1) is 10.6. The molecule has 82 valence electrons. The first-order valence-corrected chi connectivity index (χ1v) is 6.22. The molecule has 3 nitrogen and oxygen atoms in total. The molecule has 2 rings (SSSR count). The highest BCUT2D eigenvalue weighted by Crippen LogP contribution is 2.09. The van der Waals surface area contributed by atoms with Crippen LogP contribution in [0.2, 0.25) is 0 Å². The van der Waals surface area contributed by atoms with Crippen molar-refractivity contribution in [2.75, 3.05) is 19.6 Å². The molecule has 1 amide bonds. The summed E-state index contributed by atoms with van der Waals surface area (Å²) in [6.07, 6.45) is 1.71. The van der Waals surface area contributed by atoms with Crippen LogP contribution in [0.25, 0.3) is 0 Å². The Bertz CT molecular complexity index is 304. The molecule has 0 aliphatic carbocycles. The molecule has 0 saturated carbocycles. The van der Waals surface area contributed by atoms with E-state index in [0.717, 1.165) is 24.5 Å². The lowest BCUT2D eigenvalue weighted by Gasteiger charge is -2.09. The highest BCUT2D eigenvalue weighted by Gasteiger charge is 2.15. The lowest BCUT2D eigenvalue weighted by molar-refractivity contribution is -0.120. The molecule has 1 aromatic rings. The molecule has 15 heavy (non-hydrogen) atoms. The summed E-state index contributed by atoms with van der Waals surface area (Å²) in [6.45, 7) is 2.95. The highest BCUT2D eigenvalue weighted by atomic mass is 32.1. The van der Waals surface area contributed by atoms with Crippen LogP contribution in [0.3, 0.4) is 0 Å². The normalized spacial score (nSPS) is 20.4. The number of amides is 1. The van der Waals surface area contributed by atoms with Crippen LogP contribution in [-0.2, 0) is 11.2 Å². The minimum Gasteiger partial charge on any atom is -0.355 e. The van der Waals surface area contributed by atoms with Crippen molar-refractivity contribution in [3.8, 4) is 0 Å². The van der Waals surface area contributed by atoms with Crippen LogP contribution in [-0.4, -0.2) is 25.5 Å². The summed E-state index contributed by atoms with van der Waals surface area (Å²) < 4.78 is 0. The SMILES string of the molecule is O=C(Cc1cccs1)NCC1CCNC1. The molecule has 1 fully saturated rings. The zero-order chi connectivity index (χ0) is 10.5. The Kier molecular flexibility index (Phi) is 3.75. The van der Waals surface area contributed by atoms with Crippen LogP contribution in [0.4, 0.5) is 0 Å². The van der Waals surface area contributed by atoms with Gasteiger partial charge in [0.2, 0.25) is 5.91 Å². The smallest absolute Gasteiger partial charge is 0.225 e. The van der Waals surface area contributed by atoms with Crippen molar-refractivity contribution in [1.29, 1.82) is 0 Å². The van der Waals surface area contributed by atoms with Gasteiger partial charge in [-0.3, -0.25) is 4.79 Å². The molecule has 1 saturated heterocycles. The van der Waals surface area contributed by atoms with Gasteiger partial charge < -0.3 is 10.6 Å². The van der Waals surface area contributed by atoms with Gasteiger partial charge in [0.25, 0.3) is 0 Å². The molecule has 0 bridgehead atoms. The maximum Gasteiger partial charge on any atom is 0.225 e. The molecule has 0 radical (unpaired) electrons. The maximum absolute atomic E-state index is 11.5. The van der Waals surface area contributed by atoms with Crippen LogP contribution in [0.5, 0.6) is 0 Å². The van der Waals surface area contributed by atoms with E-state index >= 15 is 0 Å². The van der Waals surface area contributed by atoms with Gasteiger partial charge in [0.15, 0.2) is 0 Å². The van der Waals surface area contributed by atoms with E-state index in [1.165, 1.54) is 6.42 Å². The molecule has 1 atom stereocenters. The van der Waals surface area contributed by atoms with E-state index in [0.29, 0.717) is 12.3 Å². The Morgan fingerprint density at radius 2 is 2.60 bits per heavy atom. The molecule has 1 aliphatic heterocycles. The fraction of sp³-hybridized carbons (Fsp3) is 0.545. The van der Waals surface area contributed by atoms with E-state index < -0.39 is 0 Å². The maximum atomic E-state index is 11.5. The van der Waals surface area contributed by atoms with E-state index in [1.54, 1.807) is 11.3 Å².